The Bertz CT molecular complexity index is 555. The maximum Gasteiger partial charge on any atom is 0.305 e. The van der Waals surface area contributed by atoms with Gasteiger partial charge in [0.1, 0.15) is 0 Å². The predicted molar refractivity (Wildman–Crippen MR) is 78.8 cm³/mol. The van der Waals surface area contributed by atoms with Gasteiger partial charge in [0, 0.05) is 43.1 Å². The molecule has 0 aliphatic heterocycles. The number of nitrogens with zero attached hydrogens (tertiary/aromatic N) is 2. The highest BCUT2D eigenvalue weighted by Gasteiger charge is 2.01. The van der Waals surface area contributed by atoms with Crippen LogP contribution in [0.15, 0.2) is 42.9 Å². The van der Waals surface area contributed by atoms with E-state index < -0.39 is 0 Å². The minimum Gasteiger partial charge on any atom is -0.478 e. The normalized spacial score (nSPS) is 10.1. The fraction of sp³-hybridized carbons (Fsp3) is 0.312. The monoisotopic (exact) mass is 286 g/mol. The van der Waals surface area contributed by atoms with Gasteiger partial charge in [-0.1, -0.05) is 6.92 Å². The van der Waals surface area contributed by atoms with Crippen LogP contribution >= 0.6 is 0 Å². The molecule has 0 fully saturated rings. The second-order valence-electron chi connectivity index (χ2n) is 4.40. The summed E-state index contributed by atoms with van der Waals surface area (Å²) in [5, 5.41) is 0. The van der Waals surface area contributed by atoms with Crippen molar-refractivity contribution in [2.24, 2.45) is 0 Å². The zero-order valence-electron chi connectivity index (χ0n) is 12.0. The molecular formula is C16H18N2O3. The molecule has 0 aliphatic carbocycles. The highest BCUT2D eigenvalue weighted by molar-refractivity contribution is 5.68. The van der Waals surface area contributed by atoms with Crippen molar-refractivity contribution < 1.29 is 14.3 Å². The van der Waals surface area contributed by atoms with Gasteiger partial charge in [-0.3, -0.25) is 9.78 Å². The first kappa shape index (κ1) is 15.0. The topological polar surface area (TPSA) is 61.3 Å². The van der Waals surface area contributed by atoms with E-state index in [1.165, 1.54) is 0 Å². The van der Waals surface area contributed by atoms with E-state index in [-0.39, 0.29) is 5.97 Å². The quantitative estimate of drug-likeness (QED) is 0.578. The first-order valence-electron chi connectivity index (χ1n) is 6.94. The number of esters is 1. The molecule has 110 valence electrons. The average Bonchev–Trinajstić information content (AvgIpc) is 2.55. The molecule has 2 aromatic heterocycles. The first-order chi connectivity index (χ1) is 10.3. The smallest absolute Gasteiger partial charge is 0.305 e. The molecule has 2 heterocycles. The van der Waals surface area contributed by atoms with Crippen molar-refractivity contribution in [2.75, 3.05) is 13.2 Å². The lowest BCUT2D eigenvalue weighted by Gasteiger charge is -2.07. The van der Waals surface area contributed by atoms with Crippen LogP contribution < -0.4 is 4.74 Å². The molecule has 0 unspecified atom stereocenters. The molecule has 2 rings (SSSR count). The van der Waals surface area contributed by atoms with Crippen molar-refractivity contribution in [3.63, 3.8) is 0 Å². The van der Waals surface area contributed by atoms with Gasteiger partial charge in [0.15, 0.2) is 0 Å². The van der Waals surface area contributed by atoms with E-state index in [9.17, 15) is 4.79 Å². The van der Waals surface area contributed by atoms with E-state index in [0.29, 0.717) is 31.9 Å². The lowest BCUT2D eigenvalue weighted by molar-refractivity contribution is -0.143. The highest BCUT2D eigenvalue weighted by Crippen LogP contribution is 2.19. The largest absolute Gasteiger partial charge is 0.478 e. The molecule has 5 nitrogen and oxygen atoms in total. The van der Waals surface area contributed by atoms with Crippen LogP contribution in [0.3, 0.4) is 0 Å². The van der Waals surface area contributed by atoms with Crippen LogP contribution in [0.2, 0.25) is 0 Å². The standard InChI is InChI=1S/C16H18N2O3/c1-2-16(19)21-11-3-10-20-15-5-4-14(12-18-15)13-6-8-17-9-7-13/h4-9,12H,2-3,10-11H2,1H3. The second-order valence-corrected chi connectivity index (χ2v) is 4.40. The molecule has 0 bridgehead atoms. The number of aromatic nitrogens is 2. The van der Waals surface area contributed by atoms with E-state index in [2.05, 4.69) is 9.97 Å². The van der Waals surface area contributed by atoms with Crippen LogP contribution in [0.1, 0.15) is 19.8 Å². The summed E-state index contributed by atoms with van der Waals surface area (Å²) in [5.74, 6) is 0.379. The third-order valence-corrected chi connectivity index (χ3v) is 2.84. The van der Waals surface area contributed by atoms with Crippen LogP contribution in [-0.4, -0.2) is 29.2 Å². The van der Waals surface area contributed by atoms with E-state index >= 15 is 0 Å². The minimum atomic E-state index is -0.185. The molecule has 0 atom stereocenters. The molecule has 0 amide bonds. The van der Waals surface area contributed by atoms with Gasteiger partial charge < -0.3 is 9.47 Å². The predicted octanol–water partition coefficient (Wildman–Crippen LogP) is 2.87. The molecule has 0 N–H and O–H groups in total. The minimum absolute atomic E-state index is 0.185. The van der Waals surface area contributed by atoms with Gasteiger partial charge in [0.25, 0.3) is 0 Å². The van der Waals surface area contributed by atoms with Crippen molar-refractivity contribution in [3.8, 4) is 17.0 Å². The fourth-order valence-corrected chi connectivity index (χ4v) is 1.70. The molecule has 0 radical (unpaired) electrons. The third-order valence-electron chi connectivity index (χ3n) is 2.84. The summed E-state index contributed by atoms with van der Waals surface area (Å²) in [4.78, 5) is 19.2. The maximum atomic E-state index is 10.9. The number of hydrogen-bond donors (Lipinski definition) is 0. The summed E-state index contributed by atoms with van der Waals surface area (Å²) in [6.07, 6.45) is 6.31. The van der Waals surface area contributed by atoms with Crippen LogP contribution in [0.5, 0.6) is 5.88 Å². The zero-order chi connectivity index (χ0) is 14.9. The Hall–Kier alpha value is -2.43. The second kappa shape index (κ2) is 7.99. The van der Waals surface area contributed by atoms with Crippen LogP contribution in [-0.2, 0) is 9.53 Å². The Balaban J connectivity index is 1.77. The maximum absolute atomic E-state index is 10.9. The van der Waals surface area contributed by atoms with Crippen molar-refractivity contribution in [3.05, 3.63) is 42.9 Å². The van der Waals surface area contributed by atoms with Crippen LogP contribution in [0.25, 0.3) is 11.1 Å². The fourth-order valence-electron chi connectivity index (χ4n) is 1.70. The van der Waals surface area contributed by atoms with Gasteiger partial charge in [-0.2, -0.15) is 0 Å². The SMILES string of the molecule is CCC(=O)OCCCOc1ccc(-c2ccncc2)cn1. The van der Waals surface area contributed by atoms with Gasteiger partial charge in [-0.05, 0) is 23.8 Å². The van der Waals surface area contributed by atoms with Gasteiger partial charge in [-0.15, -0.1) is 0 Å². The van der Waals surface area contributed by atoms with Crippen molar-refractivity contribution in [1.29, 1.82) is 0 Å². The van der Waals surface area contributed by atoms with E-state index in [1.807, 2.05) is 24.3 Å². The third kappa shape index (κ3) is 4.87. The van der Waals surface area contributed by atoms with Gasteiger partial charge in [-0.25, -0.2) is 4.98 Å². The number of pyridine rings is 2. The number of ether oxygens (including phenoxy) is 2. The summed E-state index contributed by atoms with van der Waals surface area (Å²) in [7, 11) is 0. The summed E-state index contributed by atoms with van der Waals surface area (Å²) in [6.45, 7) is 2.62. The van der Waals surface area contributed by atoms with E-state index in [0.717, 1.165) is 11.1 Å². The molecule has 5 heteroatoms. The highest BCUT2D eigenvalue weighted by atomic mass is 16.5. The lowest BCUT2D eigenvalue weighted by Crippen LogP contribution is -2.08. The van der Waals surface area contributed by atoms with Crippen molar-refractivity contribution in [1.82, 2.24) is 9.97 Å². The summed E-state index contributed by atoms with van der Waals surface area (Å²) in [6, 6.07) is 7.64. The molecule has 0 aromatic carbocycles. The summed E-state index contributed by atoms with van der Waals surface area (Å²) >= 11 is 0. The summed E-state index contributed by atoms with van der Waals surface area (Å²) in [5.41, 5.74) is 2.08. The molecule has 0 saturated carbocycles. The zero-order valence-corrected chi connectivity index (χ0v) is 12.0. The lowest BCUT2D eigenvalue weighted by atomic mass is 10.1. The molecular weight excluding hydrogens is 268 g/mol. The Kier molecular flexibility index (Phi) is 5.70. The van der Waals surface area contributed by atoms with Gasteiger partial charge in [0.2, 0.25) is 5.88 Å². The first-order valence-corrected chi connectivity index (χ1v) is 6.94. The Labute approximate surface area is 124 Å². The van der Waals surface area contributed by atoms with Crippen molar-refractivity contribution in [2.45, 2.75) is 19.8 Å². The molecule has 21 heavy (non-hydrogen) atoms. The average molecular weight is 286 g/mol. The van der Waals surface area contributed by atoms with E-state index in [1.54, 1.807) is 25.5 Å². The Morgan fingerprint density at radius 3 is 2.57 bits per heavy atom. The summed E-state index contributed by atoms with van der Waals surface area (Å²) < 4.78 is 10.5. The molecule has 2 aromatic rings. The van der Waals surface area contributed by atoms with Gasteiger partial charge >= 0.3 is 5.97 Å². The number of hydrogen-bond acceptors (Lipinski definition) is 5. The molecule has 0 aliphatic rings. The number of rotatable bonds is 7. The molecule has 0 spiro atoms. The van der Waals surface area contributed by atoms with Gasteiger partial charge in [0.05, 0.1) is 13.2 Å². The number of carbonyl (C=O) groups excluding carboxylic acids is 1. The van der Waals surface area contributed by atoms with E-state index in [4.69, 9.17) is 9.47 Å². The Morgan fingerprint density at radius 2 is 1.90 bits per heavy atom. The number of carbonyl (C=O) groups is 1. The van der Waals surface area contributed by atoms with Crippen LogP contribution in [0, 0.1) is 0 Å². The van der Waals surface area contributed by atoms with Crippen LogP contribution in [0.4, 0.5) is 0 Å². The van der Waals surface area contributed by atoms with Crippen molar-refractivity contribution >= 4 is 5.97 Å². The Morgan fingerprint density at radius 1 is 1.10 bits per heavy atom. The molecule has 0 saturated heterocycles.